The maximum Gasteiger partial charge on any atom is 0.119 e. The zero-order valence-corrected chi connectivity index (χ0v) is 15.8. The molecule has 4 nitrogen and oxygen atoms in total. The van der Waals surface area contributed by atoms with Crippen molar-refractivity contribution in [1.82, 2.24) is 5.32 Å². The summed E-state index contributed by atoms with van der Waals surface area (Å²) >= 11 is 0. The molecular formula is C21H32N2O2. The van der Waals surface area contributed by atoms with Gasteiger partial charge in [0.05, 0.1) is 19.3 Å². The number of nitrogens with zero attached hydrogens (tertiary/aromatic N) is 1. The number of benzene rings is 1. The molecule has 4 heteroatoms. The fourth-order valence-corrected chi connectivity index (χ4v) is 4.43. The van der Waals surface area contributed by atoms with E-state index < -0.39 is 0 Å². The van der Waals surface area contributed by atoms with Gasteiger partial charge in [-0.1, -0.05) is 32.9 Å². The standard InChI is InChI=1S/C21H32N2O2/c1-17-12-20(2,3)15-21(13-17,16-24)23-14-18-7-6-8-19(11-18)25-10-5-4-9-22/h6-8,11,17,23-24H,4-5,10,12-16H2,1-3H3/t17-,21-/m1/s1. The van der Waals surface area contributed by atoms with Crippen molar-refractivity contribution in [2.45, 2.75) is 65.0 Å². The number of hydrogen-bond donors (Lipinski definition) is 2. The fraction of sp³-hybridized carbons (Fsp3) is 0.667. The van der Waals surface area contributed by atoms with Gasteiger partial charge in [0.15, 0.2) is 0 Å². The van der Waals surface area contributed by atoms with E-state index in [1.165, 1.54) is 6.42 Å². The van der Waals surface area contributed by atoms with Crippen LogP contribution in [0.3, 0.4) is 0 Å². The van der Waals surface area contributed by atoms with Gasteiger partial charge in [-0.05, 0) is 54.7 Å². The molecule has 1 aliphatic carbocycles. The molecule has 0 aromatic heterocycles. The summed E-state index contributed by atoms with van der Waals surface area (Å²) in [6.45, 7) is 8.33. The Labute approximate surface area is 152 Å². The van der Waals surface area contributed by atoms with Gasteiger partial charge in [0.2, 0.25) is 0 Å². The number of aliphatic hydroxyl groups excluding tert-OH is 1. The second-order valence-electron chi connectivity index (χ2n) is 8.40. The lowest BCUT2D eigenvalue weighted by molar-refractivity contribution is 0.0352. The lowest BCUT2D eigenvalue weighted by atomic mass is 9.64. The van der Waals surface area contributed by atoms with Crippen molar-refractivity contribution in [3.63, 3.8) is 0 Å². The van der Waals surface area contributed by atoms with Gasteiger partial charge in [-0.15, -0.1) is 0 Å². The highest BCUT2D eigenvalue weighted by atomic mass is 16.5. The van der Waals surface area contributed by atoms with Crippen LogP contribution in [0.15, 0.2) is 24.3 Å². The van der Waals surface area contributed by atoms with Crippen molar-refractivity contribution in [2.24, 2.45) is 11.3 Å². The molecule has 0 bridgehead atoms. The minimum atomic E-state index is -0.204. The Hall–Kier alpha value is -1.57. The van der Waals surface area contributed by atoms with E-state index in [-0.39, 0.29) is 17.6 Å². The summed E-state index contributed by atoms with van der Waals surface area (Å²) in [5.74, 6) is 1.45. The SMILES string of the molecule is C[C@@H]1CC(C)(C)C[C@](CO)(NCc2cccc(OCCCC#N)c2)C1. The van der Waals surface area contributed by atoms with Crippen molar-refractivity contribution in [3.8, 4) is 11.8 Å². The summed E-state index contributed by atoms with van der Waals surface area (Å²) in [7, 11) is 0. The molecule has 2 rings (SSSR count). The van der Waals surface area contributed by atoms with Crippen LogP contribution in [0, 0.1) is 22.7 Å². The summed E-state index contributed by atoms with van der Waals surface area (Å²) in [5.41, 5.74) is 1.20. The van der Waals surface area contributed by atoms with Crippen LogP contribution in [0.4, 0.5) is 0 Å². The van der Waals surface area contributed by atoms with E-state index >= 15 is 0 Å². The highest BCUT2D eigenvalue weighted by molar-refractivity contribution is 5.28. The third kappa shape index (κ3) is 6.02. The van der Waals surface area contributed by atoms with Crippen LogP contribution in [0.2, 0.25) is 0 Å². The quantitative estimate of drug-likeness (QED) is 0.699. The van der Waals surface area contributed by atoms with Gasteiger partial charge in [0.25, 0.3) is 0 Å². The van der Waals surface area contributed by atoms with Crippen molar-refractivity contribution in [2.75, 3.05) is 13.2 Å². The minimum Gasteiger partial charge on any atom is -0.494 e. The van der Waals surface area contributed by atoms with Crippen molar-refractivity contribution < 1.29 is 9.84 Å². The first-order valence-electron chi connectivity index (χ1n) is 9.33. The first kappa shape index (κ1) is 19.8. The van der Waals surface area contributed by atoms with E-state index in [2.05, 4.69) is 38.2 Å². The second-order valence-corrected chi connectivity index (χ2v) is 8.40. The molecular weight excluding hydrogens is 312 g/mol. The molecule has 0 heterocycles. The maximum atomic E-state index is 10.1. The van der Waals surface area contributed by atoms with E-state index in [1.54, 1.807) is 0 Å². The Morgan fingerprint density at radius 2 is 2.16 bits per heavy atom. The number of nitrogens with one attached hydrogen (secondary N) is 1. The molecule has 1 aliphatic rings. The van der Waals surface area contributed by atoms with E-state index in [9.17, 15) is 5.11 Å². The van der Waals surface area contributed by atoms with Gasteiger partial charge >= 0.3 is 0 Å². The molecule has 0 amide bonds. The lowest BCUT2D eigenvalue weighted by Gasteiger charge is -2.47. The van der Waals surface area contributed by atoms with Gasteiger partial charge in [-0.3, -0.25) is 0 Å². The summed E-state index contributed by atoms with van der Waals surface area (Å²) < 4.78 is 5.71. The predicted molar refractivity (Wildman–Crippen MR) is 100 cm³/mol. The maximum absolute atomic E-state index is 10.1. The molecule has 138 valence electrons. The highest BCUT2D eigenvalue weighted by Crippen LogP contribution is 2.43. The molecule has 1 fully saturated rings. The molecule has 0 saturated heterocycles. The molecule has 25 heavy (non-hydrogen) atoms. The molecule has 2 atom stereocenters. The zero-order valence-electron chi connectivity index (χ0n) is 15.8. The molecule has 1 aromatic carbocycles. The van der Waals surface area contributed by atoms with Crippen LogP contribution in [0.25, 0.3) is 0 Å². The topological polar surface area (TPSA) is 65.3 Å². The number of rotatable bonds is 8. The Kier molecular flexibility index (Phi) is 6.87. The van der Waals surface area contributed by atoms with Gasteiger partial charge in [0.1, 0.15) is 5.75 Å². The average Bonchev–Trinajstić information content (AvgIpc) is 2.56. The summed E-state index contributed by atoms with van der Waals surface area (Å²) in [5, 5.41) is 22.3. The summed E-state index contributed by atoms with van der Waals surface area (Å²) in [4.78, 5) is 0. The smallest absolute Gasteiger partial charge is 0.119 e. The van der Waals surface area contributed by atoms with Crippen molar-refractivity contribution in [1.29, 1.82) is 5.26 Å². The lowest BCUT2D eigenvalue weighted by Crippen LogP contribution is -2.54. The number of ether oxygens (including phenoxy) is 1. The van der Waals surface area contributed by atoms with E-state index in [0.717, 1.165) is 37.1 Å². The van der Waals surface area contributed by atoms with Crippen LogP contribution >= 0.6 is 0 Å². The molecule has 0 radical (unpaired) electrons. The number of aliphatic hydroxyl groups is 1. The third-order valence-corrected chi connectivity index (χ3v) is 5.03. The minimum absolute atomic E-state index is 0.172. The average molecular weight is 344 g/mol. The molecule has 2 N–H and O–H groups in total. The van der Waals surface area contributed by atoms with Gasteiger partial charge in [-0.2, -0.15) is 5.26 Å². The first-order chi connectivity index (χ1) is 11.9. The molecule has 1 saturated carbocycles. The van der Waals surface area contributed by atoms with Crippen LogP contribution in [-0.2, 0) is 6.54 Å². The van der Waals surface area contributed by atoms with Crippen LogP contribution in [0.1, 0.15) is 58.4 Å². The molecule has 0 aliphatic heterocycles. The van der Waals surface area contributed by atoms with Gasteiger partial charge < -0.3 is 15.2 Å². The molecule has 1 aromatic rings. The molecule has 0 spiro atoms. The van der Waals surface area contributed by atoms with Crippen LogP contribution < -0.4 is 10.1 Å². The zero-order chi connectivity index (χ0) is 18.3. The van der Waals surface area contributed by atoms with Gasteiger partial charge in [-0.25, -0.2) is 0 Å². The van der Waals surface area contributed by atoms with E-state index in [0.29, 0.717) is 18.9 Å². The number of hydrogen-bond acceptors (Lipinski definition) is 4. The largest absolute Gasteiger partial charge is 0.494 e. The Balaban J connectivity index is 1.96. The predicted octanol–water partition coefficient (Wildman–Crippen LogP) is 4.04. The highest BCUT2D eigenvalue weighted by Gasteiger charge is 2.42. The number of nitriles is 1. The Bertz CT molecular complexity index is 594. The van der Waals surface area contributed by atoms with Crippen LogP contribution in [0.5, 0.6) is 5.75 Å². The van der Waals surface area contributed by atoms with Crippen molar-refractivity contribution in [3.05, 3.63) is 29.8 Å². The van der Waals surface area contributed by atoms with E-state index in [1.807, 2.05) is 18.2 Å². The fourth-order valence-electron chi connectivity index (χ4n) is 4.43. The Morgan fingerprint density at radius 1 is 1.36 bits per heavy atom. The van der Waals surface area contributed by atoms with E-state index in [4.69, 9.17) is 10.00 Å². The second kappa shape index (κ2) is 8.69. The summed E-state index contributed by atoms with van der Waals surface area (Å²) in [6, 6.07) is 10.2. The normalized spacial score (nSPS) is 25.3. The monoisotopic (exact) mass is 344 g/mol. The van der Waals surface area contributed by atoms with Gasteiger partial charge in [0, 0.05) is 18.5 Å². The van der Waals surface area contributed by atoms with Crippen molar-refractivity contribution >= 4 is 0 Å². The number of unbranched alkanes of at least 4 members (excludes halogenated alkanes) is 1. The Morgan fingerprint density at radius 3 is 2.84 bits per heavy atom. The summed E-state index contributed by atoms with van der Waals surface area (Å²) in [6.07, 6.45) is 4.48. The third-order valence-electron chi connectivity index (χ3n) is 5.03. The first-order valence-corrected chi connectivity index (χ1v) is 9.33. The molecule has 0 unspecified atom stereocenters. The van der Waals surface area contributed by atoms with Crippen LogP contribution in [-0.4, -0.2) is 23.9 Å².